The minimum absolute atomic E-state index is 0.0673. The van der Waals surface area contributed by atoms with Gasteiger partial charge in [-0.25, -0.2) is 0 Å². The smallest absolute Gasteiger partial charge is 0.200 e. The predicted octanol–water partition coefficient (Wildman–Crippen LogP) is 2.63. The minimum atomic E-state index is -0.0673. The van der Waals surface area contributed by atoms with E-state index in [1.807, 2.05) is 26.0 Å². The topological polar surface area (TPSA) is 17.1 Å². The van der Waals surface area contributed by atoms with Gasteiger partial charge in [0.1, 0.15) is 0 Å². The van der Waals surface area contributed by atoms with Crippen LogP contribution in [-0.2, 0) is 0 Å². The first-order chi connectivity index (χ1) is 5.52. The van der Waals surface area contributed by atoms with Crippen molar-refractivity contribution in [3.05, 3.63) is 44.1 Å². The van der Waals surface area contributed by atoms with Gasteiger partial charge in [0.25, 0.3) is 0 Å². The first-order valence-corrected chi connectivity index (χ1v) is 4.18. The standard InChI is InChI=1S/C10H11ClO/c1-6-4-7(2)9(11)10(12)8(3)5-6/h4-5H,1-3H3. The van der Waals surface area contributed by atoms with Gasteiger partial charge in [0.05, 0.1) is 5.02 Å². The summed E-state index contributed by atoms with van der Waals surface area (Å²) in [7, 11) is 0. The van der Waals surface area contributed by atoms with E-state index in [0.717, 1.165) is 11.1 Å². The molecule has 1 nitrogen and oxygen atoms in total. The Hall–Kier alpha value is -0.820. The van der Waals surface area contributed by atoms with Crippen molar-refractivity contribution in [3.8, 4) is 0 Å². The highest BCUT2D eigenvalue weighted by atomic mass is 35.5. The maximum atomic E-state index is 11.4. The Bertz CT molecular complexity index is 369. The molecular formula is C10H11ClO. The molecular weight excluding hydrogens is 172 g/mol. The molecule has 0 saturated carbocycles. The van der Waals surface area contributed by atoms with E-state index in [1.54, 1.807) is 6.92 Å². The van der Waals surface area contributed by atoms with Crippen molar-refractivity contribution in [1.29, 1.82) is 0 Å². The van der Waals surface area contributed by atoms with Crippen molar-refractivity contribution < 1.29 is 0 Å². The normalized spacial score (nSPS) is 10.0. The molecule has 0 amide bonds. The molecule has 0 aliphatic heterocycles. The Morgan fingerprint density at radius 1 is 1.08 bits per heavy atom. The maximum absolute atomic E-state index is 11.4. The van der Waals surface area contributed by atoms with Crippen LogP contribution in [0.4, 0.5) is 0 Å². The summed E-state index contributed by atoms with van der Waals surface area (Å²) < 4.78 is 0. The Morgan fingerprint density at radius 3 is 2.17 bits per heavy atom. The average Bonchev–Trinajstić information content (AvgIpc) is 2.05. The molecule has 0 spiro atoms. The molecule has 0 N–H and O–H groups in total. The third kappa shape index (κ3) is 1.67. The number of hydrogen-bond donors (Lipinski definition) is 0. The van der Waals surface area contributed by atoms with Gasteiger partial charge in [0.15, 0.2) is 5.43 Å². The molecule has 0 bridgehead atoms. The SMILES string of the molecule is Cc1cc(C)c(Cl)c(=O)c(C)c1. The molecule has 0 heterocycles. The Morgan fingerprint density at radius 2 is 1.58 bits per heavy atom. The highest BCUT2D eigenvalue weighted by molar-refractivity contribution is 6.31. The number of rotatable bonds is 0. The van der Waals surface area contributed by atoms with E-state index in [1.165, 1.54) is 0 Å². The van der Waals surface area contributed by atoms with Crippen LogP contribution in [-0.4, -0.2) is 0 Å². The summed E-state index contributed by atoms with van der Waals surface area (Å²) in [4.78, 5) is 11.4. The third-order valence-electron chi connectivity index (χ3n) is 1.79. The molecule has 0 unspecified atom stereocenters. The van der Waals surface area contributed by atoms with Crippen LogP contribution in [0.1, 0.15) is 16.7 Å². The fourth-order valence-corrected chi connectivity index (χ4v) is 1.41. The Kier molecular flexibility index (Phi) is 2.53. The molecule has 1 rings (SSSR count). The summed E-state index contributed by atoms with van der Waals surface area (Å²) in [6, 6.07) is 3.76. The van der Waals surface area contributed by atoms with Crippen LogP contribution >= 0.6 is 11.6 Å². The van der Waals surface area contributed by atoms with Crippen LogP contribution in [0.5, 0.6) is 0 Å². The van der Waals surface area contributed by atoms with Crippen molar-refractivity contribution in [1.82, 2.24) is 0 Å². The summed E-state index contributed by atoms with van der Waals surface area (Å²) in [5, 5.41) is 0.334. The highest BCUT2D eigenvalue weighted by Gasteiger charge is 2.01. The lowest BCUT2D eigenvalue weighted by Gasteiger charge is -1.87. The van der Waals surface area contributed by atoms with Crippen LogP contribution < -0.4 is 5.43 Å². The summed E-state index contributed by atoms with van der Waals surface area (Å²) in [5.74, 6) is 0. The van der Waals surface area contributed by atoms with Gasteiger partial charge in [-0.2, -0.15) is 0 Å². The van der Waals surface area contributed by atoms with E-state index >= 15 is 0 Å². The van der Waals surface area contributed by atoms with Crippen LogP contribution in [0.3, 0.4) is 0 Å². The Balaban J connectivity index is 3.69. The zero-order valence-corrected chi connectivity index (χ0v) is 8.20. The molecule has 0 fully saturated rings. The summed E-state index contributed by atoms with van der Waals surface area (Å²) in [5.41, 5.74) is 2.54. The molecule has 1 aromatic carbocycles. The highest BCUT2D eigenvalue weighted by Crippen LogP contribution is 2.11. The summed E-state index contributed by atoms with van der Waals surface area (Å²) in [6.07, 6.45) is 0. The molecule has 1 aromatic rings. The lowest BCUT2D eigenvalue weighted by atomic mass is 10.2. The van der Waals surface area contributed by atoms with Gasteiger partial charge in [-0.05, 0) is 31.9 Å². The first kappa shape index (κ1) is 9.27. The zero-order valence-electron chi connectivity index (χ0n) is 7.44. The van der Waals surface area contributed by atoms with E-state index in [4.69, 9.17) is 11.6 Å². The largest absolute Gasteiger partial charge is 0.288 e. The first-order valence-electron chi connectivity index (χ1n) is 3.80. The number of hydrogen-bond acceptors (Lipinski definition) is 1. The third-order valence-corrected chi connectivity index (χ3v) is 2.26. The summed E-state index contributed by atoms with van der Waals surface area (Å²) in [6.45, 7) is 5.58. The summed E-state index contributed by atoms with van der Waals surface area (Å²) >= 11 is 5.83. The number of aryl methyl sites for hydroxylation is 3. The molecule has 0 saturated heterocycles. The fraction of sp³-hybridized carbons (Fsp3) is 0.300. The van der Waals surface area contributed by atoms with Gasteiger partial charge < -0.3 is 0 Å². The predicted molar refractivity (Wildman–Crippen MR) is 51.9 cm³/mol. The van der Waals surface area contributed by atoms with E-state index < -0.39 is 0 Å². The molecule has 0 aliphatic carbocycles. The van der Waals surface area contributed by atoms with Crippen molar-refractivity contribution in [3.63, 3.8) is 0 Å². The van der Waals surface area contributed by atoms with Gasteiger partial charge in [0, 0.05) is 0 Å². The van der Waals surface area contributed by atoms with Gasteiger partial charge >= 0.3 is 0 Å². The molecule has 0 radical (unpaired) electrons. The van der Waals surface area contributed by atoms with Crippen LogP contribution in [0.2, 0.25) is 5.02 Å². The Labute approximate surface area is 77.0 Å². The molecule has 12 heavy (non-hydrogen) atoms. The second kappa shape index (κ2) is 3.28. The minimum Gasteiger partial charge on any atom is -0.288 e. The van der Waals surface area contributed by atoms with Crippen LogP contribution in [0.15, 0.2) is 16.9 Å². The van der Waals surface area contributed by atoms with Gasteiger partial charge in [-0.15, -0.1) is 0 Å². The second-order valence-electron chi connectivity index (χ2n) is 3.04. The monoisotopic (exact) mass is 182 g/mol. The van der Waals surface area contributed by atoms with E-state index in [9.17, 15) is 4.79 Å². The fourth-order valence-electron chi connectivity index (χ4n) is 1.21. The van der Waals surface area contributed by atoms with E-state index in [0.29, 0.717) is 10.6 Å². The molecule has 0 aliphatic rings. The van der Waals surface area contributed by atoms with Crippen molar-refractivity contribution in [2.24, 2.45) is 0 Å². The van der Waals surface area contributed by atoms with E-state index in [2.05, 4.69) is 0 Å². The zero-order chi connectivity index (χ0) is 9.30. The average molecular weight is 183 g/mol. The van der Waals surface area contributed by atoms with Crippen molar-refractivity contribution in [2.75, 3.05) is 0 Å². The maximum Gasteiger partial charge on any atom is 0.200 e. The second-order valence-corrected chi connectivity index (χ2v) is 3.42. The lowest BCUT2D eigenvalue weighted by molar-refractivity contribution is 1.40. The number of halogens is 1. The lowest BCUT2D eigenvalue weighted by Crippen LogP contribution is -2.01. The van der Waals surface area contributed by atoms with Crippen LogP contribution in [0.25, 0.3) is 0 Å². The van der Waals surface area contributed by atoms with Crippen molar-refractivity contribution in [2.45, 2.75) is 20.8 Å². The molecule has 2 heteroatoms. The molecule has 0 aromatic heterocycles. The van der Waals surface area contributed by atoms with Crippen LogP contribution in [0, 0.1) is 20.8 Å². The van der Waals surface area contributed by atoms with E-state index in [-0.39, 0.29) is 5.43 Å². The van der Waals surface area contributed by atoms with Gasteiger partial charge in [-0.3, -0.25) is 4.79 Å². The van der Waals surface area contributed by atoms with Gasteiger partial charge in [0.2, 0.25) is 0 Å². The molecule has 64 valence electrons. The quantitative estimate of drug-likeness (QED) is 0.603. The van der Waals surface area contributed by atoms with Crippen molar-refractivity contribution >= 4 is 11.6 Å². The molecule has 0 atom stereocenters. The van der Waals surface area contributed by atoms with Gasteiger partial charge in [-0.1, -0.05) is 29.3 Å².